The van der Waals surface area contributed by atoms with Gasteiger partial charge in [0.1, 0.15) is 5.56 Å². The van der Waals surface area contributed by atoms with Gasteiger partial charge in [-0.1, -0.05) is 0 Å². The zero-order chi connectivity index (χ0) is 15.3. The van der Waals surface area contributed by atoms with Crippen LogP contribution in [0.5, 0.6) is 0 Å². The maximum atomic E-state index is 12.1. The van der Waals surface area contributed by atoms with Crippen LogP contribution in [0.2, 0.25) is 0 Å². The van der Waals surface area contributed by atoms with Crippen molar-refractivity contribution in [3.05, 3.63) is 33.9 Å². The molecule has 1 rings (SSSR count). The van der Waals surface area contributed by atoms with Gasteiger partial charge >= 0.3 is 0 Å². The van der Waals surface area contributed by atoms with Gasteiger partial charge in [0.05, 0.1) is 4.92 Å². The highest BCUT2D eigenvalue weighted by molar-refractivity contribution is 5.99. The first-order valence-corrected chi connectivity index (χ1v) is 6.06. The topological polar surface area (TPSA) is 114 Å². The fourth-order valence-corrected chi connectivity index (χ4v) is 1.49. The van der Waals surface area contributed by atoms with Crippen LogP contribution < -0.4 is 16.6 Å². The fraction of sp³-hybridized carbons (Fsp3) is 0.417. The van der Waals surface area contributed by atoms with E-state index in [1.807, 2.05) is 25.9 Å². The van der Waals surface area contributed by atoms with Gasteiger partial charge in [-0.25, -0.2) is 0 Å². The third-order valence-electron chi connectivity index (χ3n) is 3.04. The maximum absolute atomic E-state index is 12.1. The number of hydrazine groups is 1. The molecule has 1 aromatic rings. The summed E-state index contributed by atoms with van der Waals surface area (Å²) < 4.78 is 0. The summed E-state index contributed by atoms with van der Waals surface area (Å²) in [7, 11) is 3.77. The average Bonchev–Trinajstić information content (AvgIpc) is 2.43. The second-order valence-electron chi connectivity index (χ2n) is 4.66. The lowest BCUT2D eigenvalue weighted by molar-refractivity contribution is -0.385. The molecular weight excluding hydrogens is 262 g/mol. The Morgan fingerprint density at radius 2 is 2.15 bits per heavy atom. The van der Waals surface area contributed by atoms with E-state index in [1.165, 1.54) is 18.2 Å². The Morgan fingerprint density at radius 1 is 1.50 bits per heavy atom. The molecule has 0 bridgehead atoms. The van der Waals surface area contributed by atoms with Gasteiger partial charge in [-0.15, -0.1) is 0 Å². The minimum absolute atomic E-state index is 0.0172. The minimum Gasteiger partial charge on any atom is -0.350 e. The Morgan fingerprint density at radius 3 is 2.65 bits per heavy atom. The van der Waals surface area contributed by atoms with E-state index in [2.05, 4.69) is 10.7 Å². The van der Waals surface area contributed by atoms with Gasteiger partial charge in [-0.3, -0.25) is 20.8 Å². The molecule has 0 radical (unpaired) electrons. The van der Waals surface area contributed by atoms with E-state index in [4.69, 9.17) is 5.84 Å². The summed E-state index contributed by atoms with van der Waals surface area (Å²) in [5, 5.41) is 13.6. The number of carbonyl (C=O) groups is 1. The Balaban J connectivity index is 2.93. The van der Waals surface area contributed by atoms with Crippen molar-refractivity contribution in [2.75, 3.05) is 26.1 Å². The molecular formula is C12H19N5O3. The number of benzene rings is 1. The number of nitrogens with zero attached hydrogens (tertiary/aromatic N) is 2. The second-order valence-corrected chi connectivity index (χ2v) is 4.66. The lowest BCUT2D eigenvalue weighted by Gasteiger charge is -2.20. The van der Waals surface area contributed by atoms with E-state index in [-0.39, 0.29) is 17.3 Å². The van der Waals surface area contributed by atoms with Gasteiger partial charge in [0.25, 0.3) is 11.6 Å². The van der Waals surface area contributed by atoms with E-state index >= 15 is 0 Å². The Kier molecular flexibility index (Phi) is 5.42. The number of nitro benzene ring substituents is 1. The summed E-state index contributed by atoms with van der Waals surface area (Å²) in [5.74, 6) is 4.75. The van der Waals surface area contributed by atoms with Gasteiger partial charge in [0.15, 0.2) is 0 Å². The first kappa shape index (κ1) is 15.9. The molecule has 0 saturated carbocycles. The van der Waals surface area contributed by atoms with Crippen LogP contribution in [0.3, 0.4) is 0 Å². The van der Waals surface area contributed by atoms with Crippen LogP contribution >= 0.6 is 0 Å². The van der Waals surface area contributed by atoms with Gasteiger partial charge in [-0.05, 0) is 33.2 Å². The molecule has 4 N–H and O–H groups in total. The molecule has 0 aliphatic carbocycles. The van der Waals surface area contributed by atoms with Crippen molar-refractivity contribution in [2.24, 2.45) is 5.84 Å². The number of carbonyl (C=O) groups excluding carboxylic acids is 1. The summed E-state index contributed by atoms with van der Waals surface area (Å²) >= 11 is 0. The molecule has 20 heavy (non-hydrogen) atoms. The Labute approximate surface area is 117 Å². The van der Waals surface area contributed by atoms with E-state index in [1.54, 1.807) is 0 Å². The molecule has 0 heterocycles. The number of amides is 1. The number of likely N-dealkylation sites (N-methyl/N-ethyl adjacent to an activating group) is 1. The summed E-state index contributed by atoms with van der Waals surface area (Å²) in [6.45, 7) is 2.33. The van der Waals surface area contributed by atoms with Crippen LogP contribution in [0.1, 0.15) is 17.3 Å². The number of nitrogens with two attached hydrogens (primary N) is 1. The molecule has 0 saturated heterocycles. The molecule has 8 nitrogen and oxygen atoms in total. The lowest BCUT2D eigenvalue weighted by Crippen LogP contribution is -2.38. The van der Waals surface area contributed by atoms with Crippen LogP contribution in [0.4, 0.5) is 11.4 Å². The maximum Gasteiger partial charge on any atom is 0.282 e. The highest BCUT2D eigenvalue weighted by atomic mass is 16.6. The average molecular weight is 281 g/mol. The number of rotatable bonds is 6. The first-order chi connectivity index (χ1) is 9.36. The SMILES string of the molecule is CC(CNC(=O)c1cc(NN)ccc1[N+](=O)[O-])N(C)C. The van der Waals surface area contributed by atoms with Crippen LogP contribution in [0.15, 0.2) is 18.2 Å². The zero-order valence-corrected chi connectivity index (χ0v) is 11.7. The predicted octanol–water partition coefficient (Wildman–Crippen LogP) is 0.560. The molecule has 0 aliphatic rings. The van der Waals surface area contributed by atoms with E-state index in [0.29, 0.717) is 12.2 Å². The monoisotopic (exact) mass is 281 g/mol. The minimum atomic E-state index is -0.593. The molecule has 0 aromatic heterocycles. The molecule has 1 amide bonds. The molecule has 1 unspecified atom stereocenters. The Bertz CT molecular complexity index is 504. The van der Waals surface area contributed by atoms with Crippen molar-refractivity contribution in [1.82, 2.24) is 10.2 Å². The molecule has 1 atom stereocenters. The van der Waals surface area contributed by atoms with Crippen LogP contribution in [-0.4, -0.2) is 42.4 Å². The molecule has 0 fully saturated rings. The number of hydrogen-bond acceptors (Lipinski definition) is 6. The Hall–Kier alpha value is -2.19. The molecule has 1 aromatic carbocycles. The van der Waals surface area contributed by atoms with Gasteiger partial charge < -0.3 is 15.6 Å². The molecule has 8 heteroatoms. The highest BCUT2D eigenvalue weighted by Crippen LogP contribution is 2.22. The number of nitrogens with one attached hydrogen (secondary N) is 2. The highest BCUT2D eigenvalue weighted by Gasteiger charge is 2.21. The normalized spacial score (nSPS) is 12.1. The summed E-state index contributed by atoms with van der Waals surface area (Å²) in [6.07, 6.45) is 0. The van der Waals surface area contributed by atoms with Crippen LogP contribution in [0.25, 0.3) is 0 Å². The smallest absolute Gasteiger partial charge is 0.282 e. The van der Waals surface area contributed by atoms with Gasteiger partial charge in [0, 0.05) is 24.3 Å². The standard InChI is InChI=1S/C12H19N5O3/c1-8(16(2)3)7-14-12(18)10-6-9(15-13)4-5-11(10)17(19)20/h4-6,8,15H,7,13H2,1-3H3,(H,14,18). The van der Waals surface area contributed by atoms with Crippen LogP contribution in [0, 0.1) is 10.1 Å². The number of hydrogen-bond donors (Lipinski definition) is 3. The molecule has 0 aliphatic heterocycles. The predicted molar refractivity (Wildman–Crippen MR) is 76.4 cm³/mol. The third-order valence-corrected chi connectivity index (χ3v) is 3.04. The number of nitro groups is 1. The zero-order valence-electron chi connectivity index (χ0n) is 11.7. The number of anilines is 1. The largest absolute Gasteiger partial charge is 0.350 e. The lowest BCUT2D eigenvalue weighted by atomic mass is 10.1. The van der Waals surface area contributed by atoms with E-state index in [9.17, 15) is 14.9 Å². The van der Waals surface area contributed by atoms with Gasteiger partial charge in [0.2, 0.25) is 0 Å². The molecule has 110 valence electrons. The second kappa shape index (κ2) is 6.83. The summed E-state index contributed by atoms with van der Waals surface area (Å²) in [4.78, 5) is 24.3. The van der Waals surface area contributed by atoms with Crippen molar-refractivity contribution >= 4 is 17.3 Å². The van der Waals surface area contributed by atoms with E-state index in [0.717, 1.165) is 0 Å². The number of nitrogen functional groups attached to an aromatic ring is 1. The summed E-state index contributed by atoms with van der Waals surface area (Å²) in [6, 6.07) is 4.17. The van der Waals surface area contributed by atoms with Crippen molar-refractivity contribution in [3.63, 3.8) is 0 Å². The fourth-order valence-electron chi connectivity index (χ4n) is 1.49. The van der Waals surface area contributed by atoms with Crippen molar-refractivity contribution in [3.8, 4) is 0 Å². The van der Waals surface area contributed by atoms with E-state index < -0.39 is 10.8 Å². The third kappa shape index (κ3) is 3.90. The molecule has 0 spiro atoms. The van der Waals surface area contributed by atoms with Crippen molar-refractivity contribution < 1.29 is 9.72 Å². The quantitative estimate of drug-likeness (QED) is 0.399. The first-order valence-electron chi connectivity index (χ1n) is 6.06. The van der Waals surface area contributed by atoms with Gasteiger partial charge in [-0.2, -0.15) is 0 Å². The van der Waals surface area contributed by atoms with Crippen molar-refractivity contribution in [2.45, 2.75) is 13.0 Å². The summed E-state index contributed by atoms with van der Waals surface area (Å²) in [5.41, 5.74) is 2.52. The van der Waals surface area contributed by atoms with Crippen molar-refractivity contribution in [1.29, 1.82) is 0 Å². The van der Waals surface area contributed by atoms with Crippen LogP contribution in [-0.2, 0) is 0 Å².